The highest BCUT2D eigenvalue weighted by atomic mass is 32.2. The average molecular weight is 398 g/mol. The van der Waals surface area contributed by atoms with Gasteiger partial charge in [0.25, 0.3) is 0 Å². The van der Waals surface area contributed by atoms with Gasteiger partial charge in [0.1, 0.15) is 5.82 Å². The molecular formula is C19H15FN4OS2. The quantitative estimate of drug-likeness (QED) is 0.313. The fourth-order valence-corrected chi connectivity index (χ4v) is 4.29. The summed E-state index contributed by atoms with van der Waals surface area (Å²) in [5.41, 5.74) is 1.35. The van der Waals surface area contributed by atoms with Gasteiger partial charge in [-0.15, -0.1) is 28.1 Å². The van der Waals surface area contributed by atoms with Gasteiger partial charge in [0.05, 0.1) is 17.5 Å². The zero-order valence-electron chi connectivity index (χ0n) is 14.2. The monoisotopic (exact) mass is 398 g/mol. The van der Waals surface area contributed by atoms with Crippen molar-refractivity contribution in [3.8, 4) is 22.2 Å². The summed E-state index contributed by atoms with van der Waals surface area (Å²) in [6, 6.07) is 10.3. The maximum atomic E-state index is 14.2. The van der Waals surface area contributed by atoms with Crippen molar-refractivity contribution in [2.45, 2.75) is 17.5 Å². The first kappa shape index (κ1) is 17.7. The van der Waals surface area contributed by atoms with Crippen molar-refractivity contribution in [3.05, 3.63) is 72.2 Å². The third-order valence-corrected chi connectivity index (χ3v) is 5.68. The van der Waals surface area contributed by atoms with E-state index < -0.39 is 0 Å². The molecule has 0 bridgehead atoms. The molecule has 8 heteroatoms. The number of furan rings is 1. The second kappa shape index (κ2) is 7.89. The van der Waals surface area contributed by atoms with Gasteiger partial charge < -0.3 is 4.42 Å². The van der Waals surface area contributed by atoms with Crippen LogP contribution in [0.2, 0.25) is 0 Å². The van der Waals surface area contributed by atoms with E-state index >= 15 is 0 Å². The molecule has 5 nitrogen and oxygen atoms in total. The topological polar surface area (TPSA) is 56.7 Å². The number of hydrogen-bond donors (Lipinski definition) is 0. The summed E-state index contributed by atoms with van der Waals surface area (Å²) in [6.07, 6.45) is 3.38. The predicted molar refractivity (Wildman–Crippen MR) is 105 cm³/mol. The number of hydrogen-bond acceptors (Lipinski definition) is 6. The van der Waals surface area contributed by atoms with Crippen LogP contribution in [0, 0.1) is 5.82 Å². The summed E-state index contributed by atoms with van der Waals surface area (Å²) in [5.74, 6) is 1.55. The first-order valence-electron chi connectivity index (χ1n) is 8.16. The molecule has 1 aromatic carbocycles. The molecule has 136 valence electrons. The highest BCUT2D eigenvalue weighted by Gasteiger charge is 2.17. The molecule has 0 unspecified atom stereocenters. The Kier molecular flexibility index (Phi) is 5.17. The maximum absolute atomic E-state index is 14.2. The molecule has 0 saturated carbocycles. The number of aromatic nitrogens is 4. The molecule has 0 N–H and O–H groups in total. The minimum Gasteiger partial charge on any atom is -0.462 e. The fourth-order valence-electron chi connectivity index (χ4n) is 2.56. The lowest BCUT2D eigenvalue weighted by atomic mass is 10.2. The van der Waals surface area contributed by atoms with E-state index in [1.165, 1.54) is 29.2 Å². The molecular weight excluding hydrogens is 383 g/mol. The summed E-state index contributed by atoms with van der Waals surface area (Å²) in [4.78, 5) is 4.59. The Balaban J connectivity index is 1.56. The largest absolute Gasteiger partial charge is 0.462 e. The van der Waals surface area contributed by atoms with E-state index in [-0.39, 0.29) is 5.82 Å². The van der Waals surface area contributed by atoms with Crippen molar-refractivity contribution < 1.29 is 8.81 Å². The first-order valence-corrected chi connectivity index (χ1v) is 10.0. The van der Waals surface area contributed by atoms with Gasteiger partial charge in [0.2, 0.25) is 0 Å². The normalized spacial score (nSPS) is 11.0. The van der Waals surface area contributed by atoms with Crippen LogP contribution in [0.15, 0.2) is 70.3 Å². The zero-order chi connectivity index (χ0) is 18.6. The summed E-state index contributed by atoms with van der Waals surface area (Å²) in [5, 5.41) is 12.0. The SMILES string of the molecule is C=CCn1c(SCc2csc(-c3ccco3)n2)nnc1-c1ccccc1F. The highest BCUT2D eigenvalue weighted by Crippen LogP contribution is 2.30. The molecule has 4 rings (SSSR count). The van der Waals surface area contributed by atoms with Gasteiger partial charge in [-0.25, -0.2) is 9.37 Å². The zero-order valence-corrected chi connectivity index (χ0v) is 15.8. The van der Waals surface area contributed by atoms with Crippen molar-refractivity contribution in [1.82, 2.24) is 19.7 Å². The van der Waals surface area contributed by atoms with Crippen molar-refractivity contribution in [3.63, 3.8) is 0 Å². The number of benzene rings is 1. The smallest absolute Gasteiger partial charge is 0.192 e. The fraction of sp³-hybridized carbons (Fsp3) is 0.105. The van der Waals surface area contributed by atoms with Crippen LogP contribution in [0.25, 0.3) is 22.2 Å². The van der Waals surface area contributed by atoms with Gasteiger partial charge in [0.15, 0.2) is 21.7 Å². The standard InChI is InChI=1S/C19H15FN4OS2/c1-2-9-24-17(14-6-3-4-7-15(14)20)22-23-19(24)27-12-13-11-26-18(21-13)16-8-5-10-25-16/h2-8,10-11H,1,9,12H2. The molecule has 3 heterocycles. The van der Waals surface area contributed by atoms with Crippen molar-refractivity contribution in [2.75, 3.05) is 0 Å². The van der Waals surface area contributed by atoms with Crippen LogP contribution < -0.4 is 0 Å². The number of thioether (sulfide) groups is 1. The molecule has 0 fully saturated rings. The van der Waals surface area contributed by atoms with E-state index in [1.807, 2.05) is 22.1 Å². The molecule has 0 saturated heterocycles. The van der Waals surface area contributed by atoms with E-state index in [0.29, 0.717) is 28.8 Å². The molecule has 27 heavy (non-hydrogen) atoms. The Morgan fingerprint density at radius 2 is 2.11 bits per heavy atom. The van der Waals surface area contributed by atoms with Crippen LogP contribution in [-0.2, 0) is 12.3 Å². The second-order valence-corrected chi connectivity index (χ2v) is 7.40. The summed E-state index contributed by atoms with van der Waals surface area (Å²) < 4.78 is 21.4. The minimum atomic E-state index is -0.325. The van der Waals surface area contributed by atoms with Crippen LogP contribution in [-0.4, -0.2) is 19.7 Å². The van der Waals surface area contributed by atoms with Gasteiger partial charge in [0, 0.05) is 17.7 Å². The van der Waals surface area contributed by atoms with Crippen molar-refractivity contribution >= 4 is 23.1 Å². The number of rotatable bonds is 7. The summed E-state index contributed by atoms with van der Waals surface area (Å²) >= 11 is 3.04. The lowest BCUT2D eigenvalue weighted by Gasteiger charge is -2.07. The average Bonchev–Trinajstić information content (AvgIpc) is 3.42. The van der Waals surface area contributed by atoms with Crippen LogP contribution in [0.1, 0.15) is 5.69 Å². The van der Waals surface area contributed by atoms with Crippen LogP contribution >= 0.6 is 23.1 Å². The van der Waals surface area contributed by atoms with E-state index in [0.717, 1.165) is 16.5 Å². The molecule has 0 radical (unpaired) electrons. The first-order chi connectivity index (χ1) is 13.3. The van der Waals surface area contributed by atoms with Crippen LogP contribution in [0.5, 0.6) is 0 Å². The van der Waals surface area contributed by atoms with E-state index in [2.05, 4.69) is 21.8 Å². The van der Waals surface area contributed by atoms with Crippen molar-refractivity contribution in [2.24, 2.45) is 0 Å². The lowest BCUT2D eigenvalue weighted by molar-refractivity contribution is 0.581. The highest BCUT2D eigenvalue weighted by molar-refractivity contribution is 7.98. The summed E-state index contributed by atoms with van der Waals surface area (Å²) in [7, 11) is 0. The van der Waals surface area contributed by atoms with E-state index in [1.54, 1.807) is 30.5 Å². The molecule has 0 spiro atoms. The van der Waals surface area contributed by atoms with Gasteiger partial charge >= 0.3 is 0 Å². The number of thiazole rings is 1. The Morgan fingerprint density at radius 1 is 1.22 bits per heavy atom. The Labute approximate surface area is 163 Å². The van der Waals surface area contributed by atoms with E-state index in [4.69, 9.17) is 4.42 Å². The molecule has 0 aliphatic rings. The van der Waals surface area contributed by atoms with E-state index in [9.17, 15) is 4.39 Å². The Morgan fingerprint density at radius 3 is 2.89 bits per heavy atom. The molecule has 3 aromatic heterocycles. The Bertz CT molecular complexity index is 1060. The lowest BCUT2D eigenvalue weighted by Crippen LogP contribution is -2.01. The molecule has 0 aliphatic carbocycles. The Hall–Kier alpha value is -2.71. The molecule has 4 aromatic rings. The van der Waals surface area contributed by atoms with Crippen molar-refractivity contribution in [1.29, 1.82) is 0 Å². The maximum Gasteiger partial charge on any atom is 0.192 e. The molecule has 0 atom stereocenters. The second-order valence-electron chi connectivity index (χ2n) is 5.60. The van der Waals surface area contributed by atoms with Gasteiger partial charge in [-0.05, 0) is 24.3 Å². The predicted octanol–water partition coefficient (Wildman–Crippen LogP) is 5.28. The number of allylic oxidation sites excluding steroid dienone is 1. The van der Waals surface area contributed by atoms with Crippen LogP contribution in [0.4, 0.5) is 4.39 Å². The van der Waals surface area contributed by atoms with Gasteiger partial charge in [-0.1, -0.05) is 30.0 Å². The van der Waals surface area contributed by atoms with Crippen LogP contribution in [0.3, 0.4) is 0 Å². The molecule has 0 aliphatic heterocycles. The van der Waals surface area contributed by atoms with Gasteiger partial charge in [-0.2, -0.15) is 0 Å². The number of nitrogens with zero attached hydrogens (tertiary/aromatic N) is 4. The third-order valence-electron chi connectivity index (χ3n) is 3.78. The molecule has 0 amide bonds. The summed E-state index contributed by atoms with van der Waals surface area (Å²) in [6.45, 7) is 4.28. The number of halogens is 1. The third kappa shape index (κ3) is 3.72. The van der Waals surface area contributed by atoms with Gasteiger partial charge in [-0.3, -0.25) is 4.57 Å². The minimum absolute atomic E-state index is 0.325.